The van der Waals surface area contributed by atoms with Crippen LogP contribution in [0, 0.1) is 0 Å². The number of carbonyl (C=O) groups is 1. The topological polar surface area (TPSA) is 67.0 Å². The standard InChI is InChI=1S/C14H25N3O2/c1-5-11-10-16-12(17-11)8-6-7-9-15-13(18)19-14(2,3)4/h10H,5-9H2,1-4H3,(H,15,18)(H,16,17). The first-order chi connectivity index (χ1) is 8.90. The van der Waals surface area contributed by atoms with Crippen molar-refractivity contribution >= 4 is 6.09 Å². The lowest BCUT2D eigenvalue weighted by Gasteiger charge is -2.19. The Kier molecular flexibility index (Phi) is 5.86. The van der Waals surface area contributed by atoms with Gasteiger partial charge < -0.3 is 15.0 Å². The minimum absolute atomic E-state index is 0.348. The number of hydrogen-bond acceptors (Lipinski definition) is 3. The Morgan fingerprint density at radius 2 is 2.16 bits per heavy atom. The predicted octanol–water partition coefficient (Wildman–Crippen LogP) is 2.82. The van der Waals surface area contributed by atoms with E-state index in [1.807, 2.05) is 27.0 Å². The number of H-pyrrole nitrogens is 1. The molecule has 108 valence electrons. The van der Waals surface area contributed by atoms with Crippen LogP contribution in [0.3, 0.4) is 0 Å². The molecule has 5 heteroatoms. The molecule has 5 nitrogen and oxygen atoms in total. The molecule has 0 fully saturated rings. The van der Waals surface area contributed by atoms with E-state index in [1.165, 1.54) is 5.69 Å². The summed E-state index contributed by atoms with van der Waals surface area (Å²) in [6.07, 6.45) is 5.34. The van der Waals surface area contributed by atoms with Crippen molar-refractivity contribution in [2.75, 3.05) is 6.54 Å². The molecule has 2 N–H and O–H groups in total. The third-order valence-corrected chi connectivity index (χ3v) is 2.57. The Morgan fingerprint density at radius 3 is 2.74 bits per heavy atom. The first-order valence-electron chi connectivity index (χ1n) is 6.90. The molecule has 19 heavy (non-hydrogen) atoms. The number of aromatic amines is 1. The van der Waals surface area contributed by atoms with Gasteiger partial charge in [0.25, 0.3) is 0 Å². The van der Waals surface area contributed by atoms with Crippen LogP contribution in [0.25, 0.3) is 0 Å². The van der Waals surface area contributed by atoms with Gasteiger partial charge in [-0.3, -0.25) is 0 Å². The van der Waals surface area contributed by atoms with E-state index >= 15 is 0 Å². The SMILES string of the molecule is CCc1cnc(CCCCNC(=O)OC(C)(C)C)[nH]1. The first-order valence-corrected chi connectivity index (χ1v) is 6.90. The van der Waals surface area contributed by atoms with Gasteiger partial charge >= 0.3 is 6.09 Å². The smallest absolute Gasteiger partial charge is 0.407 e. The predicted molar refractivity (Wildman–Crippen MR) is 75.1 cm³/mol. The maximum absolute atomic E-state index is 11.4. The number of imidazole rings is 1. The molecule has 0 saturated heterocycles. The Labute approximate surface area is 115 Å². The number of ether oxygens (including phenoxy) is 1. The second-order valence-electron chi connectivity index (χ2n) is 5.59. The number of nitrogens with zero attached hydrogens (tertiary/aromatic N) is 1. The molecule has 0 aromatic carbocycles. The number of aromatic nitrogens is 2. The summed E-state index contributed by atoms with van der Waals surface area (Å²) < 4.78 is 5.15. The maximum atomic E-state index is 11.4. The summed E-state index contributed by atoms with van der Waals surface area (Å²) in [4.78, 5) is 19.0. The molecular weight excluding hydrogens is 242 g/mol. The van der Waals surface area contributed by atoms with E-state index in [1.54, 1.807) is 0 Å². The number of aryl methyl sites for hydroxylation is 2. The summed E-state index contributed by atoms with van der Waals surface area (Å²) in [6, 6.07) is 0. The highest BCUT2D eigenvalue weighted by Crippen LogP contribution is 2.06. The zero-order valence-electron chi connectivity index (χ0n) is 12.4. The van der Waals surface area contributed by atoms with Gasteiger partial charge in [-0.05, 0) is 40.0 Å². The highest BCUT2D eigenvalue weighted by Gasteiger charge is 2.15. The lowest BCUT2D eigenvalue weighted by atomic mass is 10.2. The molecule has 0 radical (unpaired) electrons. The molecular formula is C14H25N3O2. The van der Waals surface area contributed by atoms with Crippen molar-refractivity contribution < 1.29 is 9.53 Å². The van der Waals surface area contributed by atoms with E-state index in [0.29, 0.717) is 6.54 Å². The molecule has 1 amide bonds. The Bertz CT molecular complexity index is 394. The van der Waals surface area contributed by atoms with Crippen molar-refractivity contribution in [3.05, 3.63) is 17.7 Å². The second-order valence-corrected chi connectivity index (χ2v) is 5.59. The third-order valence-electron chi connectivity index (χ3n) is 2.57. The first kappa shape index (κ1) is 15.5. The van der Waals surface area contributed by atoms with E-state index in [0.717, 1.165) is 31.5 Å². The summed E-state index contributed by atoms with van der Waals surface area (Å²) in [5.41, 5.74) is 0.733. The monoisotopic (exact) mass is 267 g/mol. The number of rotatable bonds is 6. The van der Waals surface area contributed by atoms with Gasteiger partial charge in [0.2, 0.25) is 0 Å². The van der Waals surface area contributed by atoms with Gasteiger partial charge in [-0.25, -0.2) is 9.78 Å². The number of alkyl carbamates (subject to hydrolysis) is 1. The second kappa shape index (κ2) is 7.16. The number of unbranched alkanes of at least 4 members (excludes halogenated alkanes) is 1. The molecule has 1 aromatic heterocycles. The van der Waals surface area contributed by atoms with Crippen LogP contribution in [0.4, 0.5) is 4.79 Å². The lowest BCUT2D eigenvalue weighted by Crippen LogP contribution is -2.33. The van der Waals surface area contributed by atoms with E-state index in [2.05, 4.69) is 22.2 Å². The normalized spacial score (nSPS) is 11.4. The van der Waals surface area contributed by atoms with E-state index in [9.17, 15) is 4.79 Å². The molecule has 0 unspecified atom stereocenters. The van der Waals surface area contributed by atoms with Crippen molar-refractivity contribution in [3.63, 3.8) is 0 Å². The Balaban J connectivity index is 2.09. The summed E-state index contributed by atoms with van der Waals surface area (Å²) >= 11 is 0. The molecule has 0 aliphatic carbocycles. The summed E-state index contributed by atoms with van der Waals surface area (Å²) in [7, 11) is 0. The summed E-state index contributed by atoms with van der Waals surface area (Å²) in [5, 5.41) is 2.75. The van der Waals surface area contributed by atoms with Crippen molar-refractivity contribution in [2.45, 2.75) is 59.0 Å². The van der Waals surface area contributed by atoms with Gasteiger partial charge in [0.1, 0.15) is 11.4 Å². The fourth-order valence-electron chi connectivity index (χ4n) is 1.63. The average Bonchev–Trinajstić information content (AvgIpc) is 2.74. The van der Waals surface area contributed by atoms with Gasteiger partial charge in [-0.1, -0.05) is 6.92 Å². The number of hydrogen-bond donors (Lipinski definition) is 2. The molecule has 0 aliphatic heterocycles. The minimum Gasteiger partial charge on any atom is -0.444 e. The van der Waals surface area contributed by atoms with Crippen molar-refractivity contribution in [1.29, 1.82) is 0 Å². The molecule has 0 atom stereocenters. The van der Waals surface area contributed by atoms with E-state index in [-0.39, 0.29) is 6.09 Å². The summed E-state index contributed by atoms with van der Waals surface area (Å²) in [5.74, 6) is 1.02. The molecule has 1 aromatic rings. The van der Waals surface area contributed by atoms with Crippen molar-refractivity contribution in [2.24, 2.45) is 0 Å². The zero-order valence-corrected chi connectivity index (χ0v) is 12.4. The molecule has 1 rings (SSSR count). The van der Waals surface area contributed by atoms with Gasteiger partial charge in [-0.15, -0.1) is 0 Å². The van der Waals surface area contributed by atoms with Crippen LogP contribution in [0.1, 0.15) is 52.1 Å². The highest BCUT2D eigenvalue weighted by molar-refractivity contribution is 5.67. The van der Waals surface area contributed by atoms with Gasteiger partial charge in [0, 0.05) is 24.9 Å². The average molecular weight is 267 g/mol. The summed E-state index contributed by atoms with van der Waals surface area (Å²) in [6.45, 7) is 8.30. The fourth-order valence-corrected chi connectivity index (χ4v) is 1.63. The van der Waals surface area contributed by atoms with Crippen LogP contribution in [-0.2, 0) is 17.6 Å². The minimum atomic E-state index is -0.436. The van der Waals surface area contributed by atoms with Gasteiger partial charge in [0.05, 0.1) is 0 Å². The number of amides is 1. The van der Waals surface area contributed by atoms with Crippen LogP contribution in [0.2, 0.25) is 0 Å². The number of nitrogens with one attached hydrogen (secondary N) is 2. The van der Waals surface area contributed by atoms with Crippen LogP contribution < -0.4 is 5.32 Å². The Hall–Kier alpha value is -1.52. The third kappa shape index (κ3) is 6.84. The Morgan fingerprint density at radius 1 is 1.42 bits per heavy atom. The maximum Gasteiger partial charge on any atom is 0.407 e. The van der Waals surface area contributed by atoms with Crippen LogP contribution in [0.15, 0.2) is 6.20 Å². The van der Waals surface area contributed by atoms with Gasteiger partial charge in [-0.2, -0.15) is 0 Å². The molecule has 0 aliphatic rings. The fraction of sp³-hybridized carbons (Fsp3) is 0.714. The van der Waals surface area contributed by atoms with Crippen LogP contribution in [0.5, 0.6) is 0 Å². The quantitative estimate of drug-likeness (QED) is 0.779. The van der Waals surface area contributed by atoms with Crippen LogP contribution in [-0.4, -0.2) is 28.2 Å². The molecule has 0 saturated carbocycles. The lowest BCUT2D eigenvalue weighted by molar-refractivity contribution is 0.0527. The largest absolute Gasteiger partial charge is 0.444 e. The molecule has 0 spiro atoms. The zero-order chi connectivity index (χ0) is 14.3. The van der Waals surface area contributed by atoms with E-state index in [4.69, 9.17) is 4.74 Å². The van der Waals surface area contributed by atoms with Crippen LogP contribution >= 0.6 is 0 Å². The van der Waals surface area contributed by atoms with Gasteiger partial charge in [0.15, 0.2) is 0 Å². The highest BCUT2D eigenvalue weighted by atomic mass is 16.6. The number of carbonyl (C=O) groups excluding carboxylic acids is 1. The molecule has 1 heterocycles. The van der Waals surface area contributed by atoms with Crippen molar-refractivity contribution in [3.8, 4) is 0 Å². The van der Waals surface area contributed by atoms with Crippen molar-refractivity contribution in [1.82, 2.24) is 15.3 Å². The molecule has 0 bridgehead atoms. The van der Waals surface area contributed by atoms with E-state index < -0.39 is 5.60 Å².